The highest BCUT2D eigenvalue weighted by molar-refractivity contribution is 5.73. The smallest absolute Gasteiger partial charge is 0.309 e. The van der Waals surface area contributed by atoms with Crippen LogP contribution in [0.1, 0.15) is 133 Å². The van der Waals surface area contributed by atoms with Crippen LogP contribution in [0.4, 0.5) is 0 Å². The van der Waals surface area contributed by atoms with Crippen LogP contribution in [0.25, 0.3) is 0 Å². The Morgan fingerprint density at radius 2 is 1.54 bits per heavy atom. The van der Waals surface area contributed by atoms with Gasteiger partial charge >= 0.3 is 11.9 Å². The fourth-order valence-corrected chi connectivity index (χ4v) is 14.7. The lowest BCUT2D eigenvalue weighted by Crippen LogP contribution is -2.60. The summed E-state index contributed by atoms with van der Waals surface area (Å²) in [7, 11) is 0. The quantitative estimate of drug-likeness (QED) is 0.316. The molecular formula is C39H62O7. The van der Waals surface area contributed by atoms with Gasteiger partial charge in [-0.15, -0.1) is 0 Å². The van der Waals surface area contributed by atoms with Gasteiger partial charge in [-0.05, 0) is 117 Å². The molecule has 0 radical (unpaired) electrons. The largest absolute Gasteiger partial charge is 0.462 e. The summed E-state index contributed by atoms with van der Waals surface area (Å²) in [5.74, 6) is 1.64. The van der Waals surface area contributed by atoms with Crippen molar-refractivity contribution in [1.82, 2.24) is 0 Å². The Bertz CT molecular complexity index is 1250. The van der Waals surface area contributed by atoms with Crippen molar-refractivity contribution in [2.75, 3.05) is 0 Å². The van der Waals surface area contributed by atoms with Crippen LogP contribution in [-0.4, -0.2) is 58.3 Å². The average Bonchev–Trinajstić information content (AvgIpc) is 3.28. The summed E-state index contributed by atoms with van der Waals surface area (Å²) in [6.45, 7) is 19.1. The Balaban J connectivity index is 1.18. The molecule has 0 aromatic rings. The minimum absolute atomic E-state index is 0.0193. The second kappa shape index (κ2) is 10.4. The first-order chi connectivity index (χ1) is 21.4. The zero-order valence-corrected chi connectivity index (χ0v) is 30.1. The predicted molar refractivity (Wildman–Crippen MR) is 174 cm³/mol. The number of aliphatic hydroxyl groups is 2. The molecule has 2 spiro atoms. The fourth-order valence-electron chi connectivity index (χ4n) is 14.7. The van der Waals surface area contributed by atoms with Crippen LogP contribution >= 0.6 is 0 Å². The van der Waals surface area contributed by atoms with Crippen LogP contribution in [0.15, 0.2) is 0 Å². The second-order valence-electron chi connectivity index (χ2n) is 19.0. The first kappa shape index (κ1) is 33.3. The van der Waals surface area contributed by atoms with Crippen molar-refractivity contribution in [3.8, 4) is 0 Å². The molecule has 0 bridgehead atoms. The van der Waals surface area contributed by atoms with Crippen molar-refractivity contribution in [2.45, 2.75) is 169 Å². The van der Waals surface area contributed by atoms with E-state index in [1.165, 1.54) is 13.3 Å². The summed E-state index contributed by atoms with van der Waals surface area (Å²) in [5, 5.41) is 23.6. The molecule has 14 unspecified atom stereocenters. The molecule has 0 aromatic heterocycles. The van der Waals surface area contributed by atoms with Crippen molar-refractivity contribution >= 4 is 11.9 Å². The Hall–Kier alpha value is -1.18. The van der Waals surface area contributed by atoms with Gasteiger partial charge in [0.1, 0.15) is 6.10 Å². The van der Waals surface area contributed by atoms with E-state index in [4.69, 9.17) is 14.2 Å². The number of esters is 2. The monoisotopic (exact) mass is 642 g/mol. The van der Waals surface area contributed by atoms with Gasteiger partial charge in [-0.2, -0.15) is 0 Å². The van der Waals surface area contributed by atoms with Crippen LogP contribution < -0.4 is 0 Å². The Morgan fingerprint density at radius 3 is 2.17 bits per heavy atom. The molecule has 46 heavy (non-hydrogen) atoms. The standard InChI is InChI=1S/C39H62O7/c1-21-20-25(32(35(6,7)43)44-23(3)40)45-30-29(21)36(8)18-19-39-22(2)38(39)17-16-28(46-33(42)24-12-10-11-13-24)34(4,5)26(38)14-15-27(39)37(36,9)31(30)41/h21-22,24-32,41,43H,10-20H2,1-9H3. The number of rotatable bonds is 5. The minimum atomic E-state index is -1.26. The minimum Gasteiger partial charge on any atom is -0.462 e. The van der Waals surface area contributed by atoms with Gasteiger partial charge in [0, 0.05) is 17.8 Å². The molecule has 7 fully saturated rings. The van der Waals surface area contributed by atoms with Crippen LogP contribution in [0.5, 0.6) is 0 Å². The lowest BCUT2D eigenvalue weighted by atomic mass is 9.41. The number of carbonyl (C=O) groups excluding carboxylic acids is 2. The zero-order valence-electron chi connectivity index (χ0n) is 30.1. The third kappa shape index (κ3) is 4.06. The van der Waals surface area contributed by atoms with Crippen LogP contribution in [-0.2, 0) is 23.8 Å². The van der Waals surface area contributed by atoms with Crippen LogP contribution in [0, 0.1) is 62.6 Å². The van der Waals surface area contributed by atoms with E-state index in [0.717, 1.165) is 57.8 Å². The molecule has 1 saturated heterocycles. The molecule has 0 amide bonds. The highest BCUT2D eigenvalue weighted by Crippen LogP contribution is 2.91. The van der Waals surface area contributed by atoms with Gasteiger partial charge in [0.25, 0.3) is 0 Å². The maximum absolute atomic E-state index is 13.2. The van der Waals surface area contributed by atoms with Crippen LogP contribution in [0.2, 0.25) is 0 Å². The lowest BCUT2D eigenvalue weighted by molar-refractivity contribution is -0.216. The number of hydrogen-bond donors (Lipinski definition) is 2. The average molecular weight is 643 g/mol. The summed E-state index contributed by atoms with van der Waals surface area (Å²) in [4.78, 5) is 25.3. The fraction of sp³-hybridized carbons (Fsp3) is 0.949. The van der Waals surface area contributed by atoms with Crippen molar-refractivity contribution in [3.63, 3.8) is 0 Å². The van der Waals surface area contributed by atoms with Crippen molar-refractivity contribution in [1.29, 1.82) is 0 Å². The van der Waals surface area contributed by atoms with E-state index in [-0.39, 0.29) is 63.0 Å². The number of hydrogen-bond acceptors (Lipinski definition) is 7. The number of carbonyl (C=O) groups is 2. The first-order valence-corrected chi connectivity index (χ1v) is 18.8. The maximum Gasteiger partial charge on any atom is 0.309 e. The topological polar surface area (TPSA) is 102 Å². The molecule has 0 aromatic carbocycles. The predicted octanol–water partition coefficient (Wildman–Crippen LogP) is 6.85. The molecule has 2 N–H and O–H groups in total. The van der Waals surface area contributed by atoms with E-state index < -0.39 is 29.9 Å². The Kier molecular flexibility index (Phi) is 7.55. The maximum atomic E-state index is 13.2. The van der Waals surface area contributed by atoms with Gasteiger partial charge in [-0.25, -0.2) is 0 Å². The van der Waals surface area contributed by atoms with Crippen molar-refractivity contribution in [3.05, 3.63) is 0 Å². The summed E-state index contributed by atoms with van der Waals surface area (Å²) in [6.07, 6.45) is 9.18. The van der Waals surface area contributed by atoms with E-state index in [1.54, 1.807) is 13.8 Å². The first-order valence-electron chi connectivity index (χ1n) is 18.8. The normalized spacial score (nSPS) is 51.5. The van der Waals surface area contributed by atoms with Gasteiger partial charge in [0.2, 0.25) is 0 Å². The number of aliphatic hydroxyl groups excluding tert-OH is 1. The highest BCUT2D eigenvalue weighted by Gasteiger charge is 2.88. The second-order valence-corrected chi connectivity index (χ2v) is 19.0. The SMILES string of the molecule is CC(=O)OC(C1CC(C)C2C(O1)C(O)C1(C)C3CCC4C(C)(C)C(OC(=O)C5CCCC5)CCC45C(C)C35CCC21C)C(C)(C)O. The van der Waals surface area contributed by atoms with Gasteiger partial charge < -0.3 is 24.4 Å². The van der Waals surface area contributed by atoms with Gasteiger partial charge in [0.05, 0.1) is 29.8 Å². The molecule has 7 aliphatic rings. The van der Waals surface area contributed by atoms with E-state index >= 15 is 0 Å². The summed E-state index contributed by atoms with van der Waals surface area (Å²) in [5.41, 5.74) is -1.32. The summed E-state index contributed by atoms with van der Waals surface area (Å²) in [6, 6.07) is 0. The summed E-state index contributed by atoms with van der Waals surface area (Å²) >= 11 is 0. The van der Waals surface area contributed by atoms with Gasteiger partial charge in [-0.3, -0.25) is 9.59 Å². The third-order valence-corrected chi connectivity index (χ3v) is 16.7. The van der Waals surface area contributed by atoms with E-state index in [2.05, 4.69) is 41.5 Å². The van der Waals surface area contributed by atoms with Crippen molar-refractivity contribution < 1.29 is 34.0 Å². The molecule has 14 atom stereocenters. The molecule has 6 aliphatic carbocycles. The van der Waals surface area contributed by atoms with Gasteiger partial charge in [0.15, 0.2) is 6.10 Å². The van der Waals surface area contributed by atoms with Crippen LogP contribution in [0.3, 0.4) is 0 Å². The zero-order chi connectivity index (χ0) is 33.4. The highest BCUT2D eigenvalue weighted by atomic mass is 16.6. The van der Waals surface area contributed by atoms with E-state index in [9.17, 15) is 19.8 Å². The van der Waals surface area contributed by atoms with E-state index in [0.29, 0.717) is 24.2 Å². The van der Waals surface area contributed by atoms with Crippen molar-refractivity contribution in [2.24, 2.45) is 62.6 Å². The third-order valence-electron chi connectivity index (χ3n) is 16.7. The number of fused-ring (bicyclic) bond motifs is 4. The molecule has 7 nitrogen and oxygen atoms in total. The van der Waals surface area contributed by atoms with Gasteiger partial charge in [-0.1, -0.05) is 54.4 Å². The molecule has 1 aliphatic heterocycles. The molecule has 1 heterocycles. The number of ether oxygens (including phenoxy) is 3. The van der Waals surface area contributed by atoms with E-state index in [1.807, 2.05) is 0 Å². The molecule has 7 heteroatoms. The lowest BCUT2D eigenvalue weighted by Gasteiger charge is -2.63. The molecule has 260 valence electrons. The molecule has 6 saturated carbocycles. The Labute approximate surface area is 277 Å². The molecular weight excluding hydrogens is 580 g/mol. The summed E-state index contributed by atoms with van der Waals surface area (Å²) < 4.78 is 18.9. The Morgan fingerprint density at radius 1 is 0.913 bits per heavy atom. The molecule has 7 rings (SSSR count).